The normalized spacial score (nSPS) is 14.8. The Morgan fingerprint density at radius 3 is 2.46 bits per heavy atom. The average molecular weight is 593 g/mol. The van der Waals surface area contributed by atoms with E-state index < -0.39 is 16.1 Å². The van der Waals surface area contributed by atoms with E-state index in [4.69, 9.17) is 0 Å². The summed E-state index contributed by atoms with van der Waals surface area (Å²) in [7, 11) is -3.53. The zero-order valence-corrected chi connectivity index (χ0v) is 24.6. The number of anilines is 1. The van der Waals surface area contributed by atoms with Gasteiger partial charge in [0.15, 0.2) is 0 Å². The van der Waals surface area contributed by atoms with Crippen molar-refractivity contribution in [1.29, 1.82) is 0 Å². The second-order valence-corrected chi connectivity index (χ2v) is 12.9. The van der Waals surface area contributed by atoms with E-state index in [1.165, 1.54) is 10.6 Å². The van der Waals surface area contributed by atoms with Crippen LogP contribution < -0.4 is 9.62 Å². The Balaban J connectivity index is 1.74. The molecule has 202 valence electrons. The molecule has 7 nitrogen and oxygen atoms in total. The monoisotopic (exact) mass is 591 g/mol. The Morgan fingerprint density at radius 2 is 1.81 bits per heavy atom. The first-order valence-electron chi connectivity index (χ1n) is 12.8. The first-order chi connectivity index (χ1) is 17.5. The van der Waals surface area contributed by atoms with Gasteiger partial charge in [0.2, 0.25) is 21.8 Å². The van der Waals surface area contributed by atoms with Gasteiger partial charge in [-0.05, 0) is 74.9 Å². The number of carbonyl (C=O) groups is 2. The molecular weight excluding hydrogens is 554 g/mol. The van der Waals surface area contributed by atoms with Gasteiger partial charge in [-0.2, -0.15) is 0 Å². The van der Waals surface area contributed by atoms with E-state index in [9.17, 15) is 18.0 Å². The zero-order chi connectivity index (χ0) is 27.2. The van der Waals surface area contributed by atoms with Gasteiger partial charge in [-0.25, -0.2) is 8.42 Å². The Bertz CT molecular complexity index is 1210. The van der Waals surface area contributed by atoms with Gasteiger partial charge in [-0.3, -0.25) is 13.9 Å². The van der Waals surface area contributed by atoms with Crippen LogP contribution in [0.4, 0.5) is 5.69 Å². The predicted molar refractivity (Wildman–Crippen MR) is 152 cm³/mol. The highest BCUT2D eigenvalue weighted by molar-refractivity contribution is 9.10. The number of rotatable bonds is 11. The van der Waals surface area contributed by atoms with Gasteiger partial charge in [0.05, 0.1) is 11.9 Å². The molecule has 37 heavy (non-hydrogen) atoms. The fourth-order valence-electron chi connectivity index (χ4n) is 4.78. The number of hydrogen-bond donors (Lipinski definition) is 1. The molecule has 0 unspecified atom stereocenters. The van der Waals surface area contributed by atoms with Crippen molar-refractivity contribution in [3.05, 3.63) is 63.6 Å². The molecule has 1 saturated carbocycles. The maximum atomic E-state index is 13.5. The number of amides is 2. The van der Waals surface area contributed by atoms with E-state index >= 15 is 0 Å². The molecule has 0 spiro atoms. The van der Waals surface area contributed by atoms with Crippen LogP contribution in [0.25, 0.3) is 0 Å². The van der Waals surface area contributed by atoms with Crippen molar-refractivity contribution in [3.63, 3.8) is 0 Å². The summed E-state index contributed by atoms with van der Waals surface area (Å²) in [6, 6.07) is 12.9. The number of halogens is 1. The van der Waals surface area contributed by atoms with E-state index in [2.05, 4.69) is 21.2 Å². The maximum Gasteiger partial charge on any atom is 0.242 e. The van der Waals surface area contributed by atoms with E-state index in [0.29, 0.717) is 18.7 Å². The average Bonchev–Trinajstić information content (AvgIpc) is 3.34. The van der Waals surface area contributed by atoms with Crippen molar-refractivity contribution in [2.45, 2.75) is 77.9 Å². The third kappa shape index (κ3) is 8.30. The molecular formula is C28H38BrN3O4S. The smallest absolute Gasteiger partial charge is 0.242 e. The quantitative estimate of drug-likeness (QED) is 0.394. The maximum absolute atomic E-state index is 13.5. The largest absolute Gasteiger partial charge is 0.352 e. The number of aryl methyl sites for hydroxylation is 2. The Morgan fingerprint density at radius 1 is 1.11 bits per heavy atom. The number of nitrogens with zero attached hydrogens (tertiary/aromatic N) is 2. The molecule has 1 N–H and O–H groups in total. The summed E-state index contributed by atoms with van der Waals surface area (Å²) >= 11 is 3.48. The molecule has 0 radical (unpaired) electrons. The van der Waals surface area contributed by atoms with Gasteiger partial charge < -0.3 is 10.2 Å². The van der Waals surface area contributed by atoms with Crippen LogP contribution in [-0.2, 0) is 26.2 Å². The molecule has 0 aliphatic heterocycles. The summed E-state index contributed by atoms with van der Waals surface area (Å²) < 4.78 is 27.5. The molecule has 3 rings (SSSR count). The topological polar surface area (TPSA) is 86.8 Å². The molecule has 2 aromatic carbocycles. The Hall–Kier alpha value is -2.39. The van der Waals surface area contributed by atoms with E-state index in [-0.39, 0.29) is 30.8 Å². The van der Waals surface area contributed by atoms with Crippen LogP contribution in [0.1, 0.15) is 62.1 Å². The van der Waals surface area contributed by atoms with E-state index in [1.54, 1.807) is 11.8 Å². The molecule has 1 aliphatic rings. The van der Waals surface area contributed by atoms with Crippen molar-refractivity contribution in [2.24, 2.45) is 0 Å². The van der Waals surface area contributed by atoms with Crippen LogP contribution in [-0.4, -0.2) is 50.0 Å². The van der Waals surface area contributed by atoms with Crippen LogP contribution in [0, 0.1) is 13.8 Å². The second kappa shape index (κ2) is 12.9. The number of nitrogens with one attached hydrogen (secondary N) is 1. The lowest BCUT2D eigenvalue weighted by atomic mass is 10.1. The van der Waals surface area contributed by atoms with Gasteiger partial charge in [0, 0.05) is 30.0 Å². The summed E-state index contributed by atoms with van der Waals surface area (Å²) in [5.74, 6) is -0.327. The highest BCUT2D eigenvalue weighted by Gasteiger charge is 2.29. The minimum absolute atomic E-state index is 0.131. The third-order valence-corrected chi connectivity index (χ3v) is 8.57. The summed E-state index contributed by atoms with van der Waals surface area (Å²) in [5.41, 5.74) is 3.37. The predicted octanol–water partition coefficient (Wildman–Crippen LogP) is 5.09. The molecule has 2 amide bonds. The molecule has 1 fully saturated rings. The number of carbonyl (C=O) groups excluding carboxylic acids is 2. The van der Waals surface area contributed by atoms with Crippen LogP contribution in [0.15, 0.2) is 46.9 Å². The fraction of sp³-hybridized carbons (Fsp3) is 0.500. The van der Waals surface area contributed by atoms with Gasteiger partial charge >= 0.3 is 0 Å². The second-order valence-electron chi connectivity index (χ2n) is 10.0. The lowest BCUT2D eigenvalue weighted by Crippen LogP contribution is -2.49. The molecule has 0 aromatic heterocycles. The molecule has 2 aromatic rings. The molecule has 0 heterocycles. The standard InChI is InChI=1S/C28H38BrN3O4S/c1-20-14-15-21(2)26(17-20)32(37(4,35)36)16-8-13-27(33)31(19-23-9-7-10-24(29)18-23)22(3)28(34)30-25-11-5-6-12-25/h7,9-10,14-15,17-18,22,25H,5-6,8,11-13,16,19H2,1-4H3,(H,30,34)/t22-/m0/s1. The summed E-state index contributed by atoms with van der Waals surface area (Å²) in [6.07, 6.45) is 5.81. The highest BCUT2D eigenvalue weighted by atomic mass is 79.9. The fourth-order valence-corrected chi connectivity index (χ4v) is 6.24. The molecule has 1 atom stereocenters. The van der Waals surface area contributed by atoms with Crippen LogP contribution in [0.5, 0.6) is 0 Å². The first kappa shape index (κ1) is 29.2. The van der Waals surface area contributed by atoms with Crippen molar-refractivity contribution in [3.8, 4) is 0 Å². The molecule has 1 aliphatic carbocycles. The minimum Gasteiger partial charge on any atom is -0.352 e. The first-order valence-corrected chi connectivity index (χ1v) is 15.5. The SMILES string of the molecule is Cc1ccc(C)c(N(CCCC(=O)N(Cc2cccc(Br)c2)[C@@H](C)C(=O)NC2CCCC2)S(C)(=O)=O)c1. The van der Waals surface area contributed by atoms with E-state index in [1.807, 2.05) is 56.3 Å². The van der Waals surface area contributed by atoms with Gasteiger partial charge in [0.25, 0.3) is 0 Å². The highest BCUT2D eigenvalue weighted by Crippen LogP contribution is 2.25. The molecule has 0 bridgehead atoms. The number of sulfonamides is 1. The van der Waals surface area contributed by atoms with Crippen LogP contribution in [0.2, 0.25) is 0 Å². The third-order valence-electron chi connectivity index (χ3n) is 6.90. The van der Waals surface area contributed by atoms with Crippen molar-refractivity contribution >= 4 is 43.5 Å². The Kier molecular flexibility index (Phi) is 10.2. The van der Waals surface area contributed by atoms with Crippen molar-refractivity contribution in [1.82, 2.24) is 10.2 Å². The van der Waals surface area contributed by atoms with Crippen LogP contribution in [0.3, 0.4) is 0 Å². The Labute approximate surface area is 229 Å². The number of benzene rings is 2. The lowest BCUT2D eigenvalue weighted by molar-refractivity contribution is -0.141. The molecule has 0 saturated heterocycles. The lowest BCUT2D eigenvalue weighted by Gasteiger charge is -2.30. The van der Waals surface area contributed by atoms with Gasteiger partial charge in [-0.1, -0.05) is 53.0 Å². The van der Waals surface area contributed by atoms with E-state index in [0.717, 1.165) is 46.8 Å². The molecule has 9 heteroatoms. The van der Waals surface area contributed by atoms with Gasteiger partial charge in [0.1, 0.15) is 6.04 Å². The van der Waals surface area contributed by atoms with Crippen molar-refractivity contribution in [2.75, 3.05) is 17.1 Å². The summed E-state index contributed by atoms with van der Waals surface area (Å²) in [5, 5.41) is 3.11. The van der Waals surface area contributed by atoms with Gasteiger partial charge in [-0.15, -0.1) is 0 Å². The van der Waals surface area contributed by atoms with Crippen molar-refractivity contribution < 1.29 is 18.0 Å². The summed E-state index contributed by atoms with van der Waals surface area (Å²) in [4.78, 5) is 28.1. The minimum atomic E-state index is -3.53. The summed E-state index contributed by atoms with van der Waals surface area (Å²) in [6.45, 7) is 6.04. The number of hydrogen-bond acceptors (Lipinski definition) is 4. The zero-order valence-electron chi connectivity index (χ0n) is 22.2. The van der Waals surface area contributed by atoms with Crippen LogP contribution >= 0.6 is 15.9 Å².